The van der Waals surface area contributed by atoms with E-state index in [1.165, 1.54) is 0 Å². The van der Waals surface area contributed by atoms with Crippen molar-refractivity contribution in [3.8, 4) is 23.6 Å². The predicted molar refractivity (Wildman–Crippen MR) is 77.2 cm³/mol. The number of phenols is 1. The summed E-state index contributed by atoms with van der Waals surface area (Å²) in [6.07, 6.45) is 0. The topological polar surface area (TPSA) is 79.0 Å². The van der Waals surface area contributed by atoms with E-state index in [0.717, 1.165) is 10.8 Å². The van der Waals surface area contributed by atoms with Crippen molar-refractivity contribution in [1.82, 2.24) is 9.97 Å². The second kappa shape index (κ2) is 5.10. The van der Waals surface area contributed by atoms with E-state index in [0.29, 0.717) is 11.4 Å². The molecule has 3 aromatic rings. The Labute approximate surface area is 121 Å². The van der Waals surface area contributed by atoms with Crippen LogP contribution in [0, 0.1) is 18.3 Å². The number of rotatable bonds is 2. The van der Waals surface area contributed by atoms with Gasteiger partial charge in [-0.05, 0) is 48.0 Å². The Bertz CT molecular complexity index is 869. The zero-order chi connectivity index (χ0) is 14.8. The highest BCUT2D eigenvalue weighted by atomic mass is 16.5. The predicted octanol–water partition coefficient (Wildman–Crippen LogP) is 3.31. The SMILES string of the molecule is Cc1cc(C#N)nc(Oc2ccc3ccc(O)cc3c2)n1. The van der Waals surface area contributed by atoms with Crippen molar-refractivity contribution in [3.05, 3.63) is 53.9 Å². The molecule has 5 nitrogen and oxygen atoms in total. The van der Waals surface area contributed by atoms with Crippen molar-refractivity contribution in [2.45, 2.75) is 6.92 Å². The summed E-state index contributed by atoms with van der Waals surface area (Å²) in [7, 11) is 0. The highest BCUT2D eigenvalue weighted by Crippen LogP contribution is 2.26. The molecule has 0 aliphatic heterocycles. The number of fused-ring (bicyclic) bond motifs is 1. The van der Waals surface area contributed by atoms with E-state index < -0.39 is 0 Å². The molecule has 3 rings (SSSR count). The number of aryl methyl sites for hydroxylation is 1. The lowest BCUT2D eigenvalue weighted by atomic mass is 10.1. The number of hydrogen-bond acceptors (Lipinski definition) is 5. The number of nitrogens with zero attached hydrogens (tertiary/aromatic N) is 3. The number of nitriles is 1. The zero-order valence-electron chi connectivity index (χ0n) is 11.2. The smallest absolute Gasteiger partial charge is 0.323 e. The fourth-order valence-electron chi connectivity index (χ4n) is 2.03. The summed E-state index contributed by atoms with van der Waals surface area (Å²) in [6, 6.07) is 14.2. The van der Waals surface area contributed by atoms with Crippen LogP contribution in [0.15, 0.2) is 42.5 Å². The van der Waals surface area contributed by atoms with Gasteiger partial charge in [0.25, 0.3) is 0 Å². The zero-order valence-corrected chi connectivity index (χ0v) is 11.2. The molecule has 2 aromatic carbocycles. The summed E-state index contributed by atoms with van der Waals surface area (Å²) < 4.78 is 5.59. The van der Waals surface area contributed by atoms with Crippen LogP contribution in [-0.4, -0.2) is 15.1 Å². The molecular weight excluding hydrogens is 266 g/mol. The van der Waals surface area contributed by atoms with Crippen LogP contribution < -0.4 is 4.74 Å². The molecule has 0 fully saturated rings. The van der Waals surface area contributed by atoms with Crippen LogP contribution in [0.4, 0.5) is 0 Å². The Kier molecular flexibility index (Phi) is 3.13. The first kappa shape index (κ1) is 12.9. The molecule has 0 unspecified atom stereocenters. The van der Waals surface area contributed by atoms with E-state index in [2.05, 4.69) is 9.97 Å². The average Bonchev–Trinajstić information content (AvgIpc) is 2.46. The number of phenolic OH excluding ortho intramolecular Hbond substituents is 1. The van der Waals surface area contributed by atoms with E-state index in [4.69, 9.17) is 10.00 Å². The van der Waals surface area contributed by atoms with Gasteiger partial charge in [-0.25, -0.2) is 4.98 Å². The lowest BCUT2D eigenvalue weighted by Gasteiger charge is -2.06. The third-order valence-corrected chi connectivity index (χ3v) is 2.95. The molecule has 1 N–H and O–H groups in total. The van der Waals surface area contributed by atoms with Gasteiger partial charge in [0.15, 0.2) is 0 Å². The van der Waals surface area contributed by atoms with Crippen molar-refractivity contribution < 1.29 is 9.84 Å². The summed E-state index contributed by atoms with van der Waals surface area (Å²) >= 11 is 0. The summed E-state index contributed by atoms with van der Waals surface area (Å²) in [5, 5.41) is 20.3. The molecule has 21 heavy (non-hydrogen) atoms. The van der Waals surface area contributed by atoms with Crippen molar-refractivity contribution in [1.29, 1.82) is 5.26 Å². The number of ether oxygens (including phenoxy) is 1. The summed E-state index contributed by atoms with van der Waals surface area (Å²) in [5.74, 6) is 0.737. The van der Waals surface area contributed by atoms with E-state index in [9.17, 15) is 5.11 Å². The maximum absolute atomic E-state index is 9.51. The number of aromatic hydroxyl groups is 1. The van der Waals surface area contributed by atoms with Crippen LogP contribution in [0.2, 0.25) is 0 Å². The molecule has 102 valence electrons. The molecule has 0 saturated carbocycles. The van der Waals surface area contributed by atoms with E-state index in [1.807, 2.05) is 18.2 Å². The number of hydrogen-bond donors (Lipinski definition) is 1. The van der Waals surface area contributed by atoms with Crippen LogP contribution in [0.1, 0.15) is 11.4 Å². The number of benzene rings is 2. The Hall–Kier alpha value is -3.13. The Morgan fingerprint density at radius 1 is 1.05 bits per heavy atom. The lowest BCUT2D eigenvalue weighted by Crippen LogP contribution is -1.96. The van der Waals surface area contributed by atoms with E-state index in [-0.39, 0.29) is 17.5 Å². The molecule has 0 bridgehead atoms. The average molecular weight is 277 g/mol. The second-order valence-corrected chi connectivity index (χ2v) is 4.58. The fraction of sp³-hybridized carbons (Fsp3) is 0.0625. The van der Waals surface area contributed by atoms with Gasteiger partial charge in [0.2, 0.25) is 0 Å². The summed E-state index contributed by atoms with van der Waals surface area (Å²) in [6.45, 7) is 1.77. The van der Waals surface area contributed by atoms with Crippen molar-refractivity contribution in [3.63, 3.8) is 0 Å². The monoisotopic (exact) mass is 277 g/mol. The standard InChI is InChI=1S/C16H11N3O2/c1-10-6-13(9-17)19-16(18-10)21-15-5-3-11-2-4-14(20)7-12(11)8-15/h2-8,20H,1H3. The molecule has 0 aliphatic carbocycles. The van der Waals surface area contributed by atoms with Crippen LogP contribution >= 0.6 is 0 Å². The van der Waals surface area contributed by atoms with Crippen LogP contribution in [0.5, 0.6) is 17.5 Å². The second-order valence-electron chi connectivity index (χ2n) is 4.58. The maximum atomic E-state index is 9.51. The highest BCUT2D eigenvalue weighted by molar-refractivity contribution is 5.85. The van der Waals surface area contributed by atoms with Crippen LogP contribution in [-0.2, 0) is 0 Å². The van der Waals surface area contributed by atoms with Gasteiger partial charge < -0.3 is 9.84 Å². The molecule has 0 amide bonds. The van der Waals surface area contributed by atoms with Gasteiger partial charge in [-0.1, -0.05) is 12.1 Å². The Balaban J connectivity index is 1.98. The lowest BCUT2D eigenvalue weighted by molar-refractivity contribution is 0.440. The first-order valence-electron chi connectivity index (χ1n) is 6.30. The van der Waals surface area contributed by atoms with Crippen LogP contribution in [0.25, 0.3) is 10.8 Å². The van der Waals surface area contributed by atoms with Gasteiger partial charge >= 0.3 is 6.01 Å². The van der Waals surface area contributed by atoms with Gasteiger partial charge in [0.05, 0.1) is 0 Å². The number of aromatic nitrogens is 2. The largest absolute Gasteiger partial charge is 0.508 e. The molecule has 5 heteroatoms. The van der Waals surface area contributed by atoms with Gasteiger partial charge in [-0.2, -0.15) is 10.2 Å². The normalized spacial score (nSPS) is 10.3. The molecule has 0 spiro atoms. The van der Waals surface area contributed by atoms with Crippen molar-refractivity contribution >= 4 is 10.8 Å². The molecule has 1 aromatic heterocycles. The Morgan fingerprint density at radius 3 is 2.67 bits per heavy atom. The minimum atomic E-state index is 0.131. The van der Waals surface area contributed by atoms with Crippen LogP contribution in [0.3, 0.4) is 0 Å². The van der Waals surface area contributed by atoms with Gasteiger partial charge in [0, 0.05) is 5.69 Å². The quantitative estimate of drug-likeness (QED) is 0.777. The van der Waals surface area contributed by atoms with Crippen molar-refractivity contribution in [2.75, 3.05) is 0 Å². The first-order valence-corrected chi connectivity index (χ1v) is 6.30. The van der Waals surface area contributed by atoms with Gasteiger partial charge in [0.1, 0.15) is 23.3 Å². The summed E-state index contributed by atoms with van der Waals surface area (Å²) in [5.41, 5.74) is 0.922. The molecule has 0 radical (unpaired) electrons. The summed E-state index contributed by atoms with van der Waals surface area (Å²) in [4.78, 5) is 8.14. The first-order chi connectivity index (χ1) is 10.1. The minimum absolute atomic E-state index is 0.131. The molecular formula is C16H11N3O2. The van der Waals surface area contributed by atoms with Gasteiger partial charge in [-0.3, -0.25) is 0 Å². The molecule has 0 aliphatic rings. The molecule has 0 saturated heterocycles. The fourth-order valence-corrected chi connectivity index (χ4v) is 2.03. The third kappa shape index (κ3) is 2.74. The molecule has 0 atom stereocenters. The Morgan fingerprint density at radius 2 is 1.86 bits per heavy atom. The van der Waals surface area contributed by atoms with E-state index >= 15 is 0 Å². The van der Waals surface area contributed by atoms with Gasteiger partial charge in [-0.15, -0.1) is 0 Å². The molecule has 1 heterocycles. The maximum Gasteiger partial charge on any atom is 0.323 e. The van der Waals surface area contributed by atoms with Crippen molar-refractivity contribution in [2.24, 2.45) is 0 Å². The minimum Gasteiger partial charge on any atom is -0.508 e. The highest BCUT2D eigenvalue weighted by Gasteiger charge is 2.05. The van der Waals surface area contributed by atoms with E-state index in [1.54, 1.807) is 37.3 Å². The third-order valence-electron chi connectivity index (χ3n) is 2.95.